The Hall–Kier alpha value is -3.95. The highest BCUT2D eigenvalue weighted by Crippen LogP contribution is 2.19. The lowest BCUT2D eigenvalue weighted by Crippen LogP contribution is -2.35. The molecule has 3 aromatic rings. The molecule has 2 amide bonds. The number of amides is 2. The van der Waals surface area contributed by atoms with E-state index in [0.29, 0.717) is 42.3 Å². The molecule has 0 fully saturated rings. The molecule has 9 heteroatoms. The fraction of sp³-hybridized carbons (Fsp3) is 0.192. The van der Waals surface area contributed by atoms with Gasteiger partial charge in [-0.3, -0.25) is 14.9 Å². The van der Waals surface area contributed by atoms with Gasteiger partial charge >= 0.3 is 0 Å². The van der Waals surface area contributed by atoms with E-state index in [1.807, 2.05) is 30.3 Å². The predicted octanol–water partition coefficient (Wildman–Crippen LogP) is 3.65. The van der Waals surface area contributed by atoms with Gasteiger partial charge in [0.05, 0.1) is 23.4 Å². The van der Waals surface area contributed by atoms with Crippen LogP contribution in [0.1, 0.15) is 20.7 Å². The lowest BCUT2D eigenvalue weighted by molar-refractivity contribution is 0.0936. The highest BCUT2D eigenvalue weighted by Gasteiger charge is 2.16. The summed E-state index contributed by atoms with van der Waals surface area (Å²) in [7, 11) is 1.56. The van der Waals surface area contributed by atoms with Crippen LogP contribution in [-0.4, -0.2) is 50.4 Å². The van der Waals surface area contributed by atoms with Crippen LogP contribution in [0.5, 0.6) is 11.5 Å². The van der Waals surface area contributed by atoms with Crippen molar-refractivity contribution in [1.29, 1.82) is 0 Å². The van der Waals surface area contributed by atoms with Crippen molar-refractivity contribution in [2.75, 3.05) is 38.8 Å². The molecule has 0 aromatic heterocycles. The quantitative estimate of drug-likeness (QED) is 0.277. The SMILES string of the molecule is COCCNC(=O)c1ccccc1NC(=S)NC(=O)c1ccccc1OCCOc1ccccc1. The van der Waals surface area contributed by atoms with Gasteiger partial charge in [0, 0.05) is 13.7 Å². The maximum Gasteiger partial charge on any atom is 0.261 e. The van der Waals surface area contributed by atoms with Crippen LogP contribution in [0.4, 0.5) is 5.69 Å². The number of nitrogens with one attached hydrogen (secondary N) is 3. The van der Waals surface area contributed by atoms with Gasteiger partial charge in [-0.25, -0.2) is 0 Å². The van der Waals surface area contributed by atoms with Gasteiger partial charge in [-0.05, 0) is 48.6 Å². The topological polar surface area (TPSA) is 97.9 Å². The molecule has 0 aliphatic rings. The van der Waals surface area contributed by atoms with Gasteiger partial charge in [-0.15, -0.1) is 0 Å². The van der Waals surface area contributed by atoms with E-state index in [1.54, 1.807) is 55.6 Å². The number of anilines is 1. The summed E-state index contributed by atoms with van der Waals surface area (Å²) < 4.78 is 16.3. The number of thiocarbonyl (C=S) groups is 1. The molecule has 8 nitrogen and oxygen atoms in total. The number of methoxy groups -OCH3 is 1. The Bertz CT molecular complexity index is 1140. The van der Waals surface area contributed by atoms with Crippen LogP contribution in [0, 0.1) is 0 Å². The van der Waals surface area contributed by atoms with Crippen LogP contribution >= 0.6 is 12.2 Å². The summed E-state index contributed by atoms with van der Waals surface area (Å²) in [6, 6.07) is 23.1. The van der Waals surface area contributed by atoms with E-state index in [9.17, 15) is 9.59 Å². The second-order valence-corrected chi connectivity index (χ2v) is 7.62. The van der Waals surface area contributed by atoms with Gasteiger partial charge in [-0.2, -0.15) is 0 Å². The average Bonchev–Trinajstić information content (AvgIpc) is 2.88. The van der Waals surface area contributed by atoms with Crippen molar-refractivity contribution in [1.82, 2.24) is 10.6 Å². The number of benzene rings is 3. The Morgan fingerprint density at radius 2 is 1.43 bits per heavy atom. The van der Waals surface area contributed by atoms with Gasteiger partial charge in [0.25, 0.3) is 11.8 Å². The zero-order chi connectivity index (χ0) is 24.9. The lowest BCUT2D eigenvalue weighted by atomic mass is 10.1. The molecule has 0 saturated heterocycles. The van der Waals surface area contributed by atoms with Crippen molar-refractivity contribution in [2.45, 2.75) is 0 Å². The first kappa shape index (κ1) is 25.7. The Balaban J connectivity index is 1.56. The van der Waals surface area contributed by atoms with E-state index < -0.39 is 5.91 Å². The zero-order valence-corrected chi connectivity index (χ0v) is 20.1. The first-order valence-corrected chi connectivity index (χ1v) is 11.4. The maximum absolute atomic E-state index is 12.9. The Labute approximate surface area is 209 Å². The summed E-state index contributed by atoms with van der Waals surface area (Å²) in [4.78, 5) is 25.3. The Morgan fingerprint density at radius 1 is 0.771 bits per heavy atom. The fourth-order valence-corrected chi connectivity index (χ4v) is 3.29. The van der Waals surface area contributed by atoms with E-state index in [4.69, 9.17) is 26.4 Å². The second kappa shape index (κ2) is 13.7. The van der Waals surface area contributed by atoms with Gasteiger partial charge < -0.3 is 24.8 Å². The van der Waals surface area contributed by atoms with Gasteiger partial charge in [0.15, 0.2) is 5.11 Å². The minimum Gasteiger partial charge on any atom is -0.490 e. The van der Waals surface area contributed by atoms with Crippen LogP contribution in [0.2, 0.25) is 0 Å². The predicted molar refractivity (Wildman–Crippen MR) is 138 cm³/mol. The van der Waals surface area contributed by atoms with Crippen LogP contribution in [0.15, 0.2) is 78.9 Å². The van der Waals surface area contributed by atoms with Crippen LogP contribution in [0.25, 0.3) is 0 Å². The molecule has 3 N–H and O–H groups in total. The van der Waals surface area contributed by atoms with Crippen molar-refractivity contribution >= 4 is 34.8 Å². The minimum atomic E-state index is -0.441. The fourth-order valence-electron chi connectivity index (χ4n) is 3.08. The van der Waals surface area contributed by atoms with Crippen molar-refractivity contribution in [3.05, 3.63) is 90.0 Å². The highest BCUT2D eigenvalue weighted by atomic mass is 32.1. The molecule has 0 bridgehead atoms. The zero-order valence-electron chi connectivity index (χ0n) is 19.3. The highest BCUT2D eigenvalue weighted by molar-refractivity contribution is 7.80. The van der Waals surface area contributed by atoms with E-state index >= 15 is 0 Å². The number of hydrogen-bond donors (Lipinski definition) is 3. The number of hydrogen-bond acceptors (Lipinski definition) is 6. The Kier molecular flexibility index (Phi) is 10.0. The monoisotopic (exact) mass is 493 g/mol. The molecule has 35 heavy (non-hydrogen) atoms. The summed E-state index contributed by atoms with van der Waals surface area (Å²) in [5.41, 5.74) is 1.18. The number of para-hydroxylation sites is 3. The maximum atomic E-state index is 12.9. The first-order chi connectivity index (χ1) is 17.1. The number of rotatable bonds is 11. The third-order valence-electron chi connectivity index (χ3n) is 4.72. The van der Waals surface area contributed by atoms with Gasteiger partial charge in [0.1, 0.15) is 24.7 Å². The molecule has 0 atom stereocenters. The van der Waals surface area contributed by atoms with Crippen LogP contribution < -0.4 is 25.4 Å². The molecule has 3 aromatic carbocycles. The molecule has 0 aliphatic carbocycles. The van der Waals surface area contributed by atoms with Crippen molar-refractivity contribution in [3.63, 3.8) is 0 Å². The Morgan fingerprint density at radius 3 is 2.20 bits per heavy atom. The third-order valence-corrected chi connectivity index (χ3v) is 4.93. The van der Waals surface area contributed by atoms with Crippen molar-refractivity contribution < 1.29 is 23.8 Å². The number of ether oxygens (including phenoxy) is 3. The summed E-state index contributed by atoms with van der Waals surface area (Å²) in [5.74, 6) is 0.424. The molecule has 0 aliphatic heterocycles. The minimum absolute atomic E-state index is 0.0503. The van der Waals surface area contributed by atoms with Crippen LogP contribution in [0.3, 0.4) is 0 Å². The average molecular weight is 494 g/mol. The third kappa shape index (κ3) is 8.09. The molecular weight excluding hydrogens is 466 g/mol. The number of carbonyl (C=O) groups is 2. The normalized spacial score (nSPS) is 10.2. The first-order valence-electron chi connectivity index (χ1n) is 11.0. The van der Waals surface area contributed by atoms with Crippen LogP contribution in [-0.2, 0) is 4.74 Å². The molecule has 3 rings (SSSR count). The second-order valence-electron chi connectivity index (χ2n) is 7.21. The largest absolute Gasteiger partial charge is 0.490 e. The standard InChI is InChI=1S/C26H27N3O5S/c1-32-16-15-27-24(30)20-11-5-7-13-22(20)28-26(35)29-25(31)21-12-6-8-14-23(21)34-18-17-33-19-9-3-2-4-10-19/h2-14H,15-18H2,1H3,(H,27,30)(H2,28,29,31,35). The van der Waals surface area contributed by atoms with Gasteiger partial charge in [0.2, 0.25) is 0 Å². The van der Waals surface area contributed by atoms with E-state index in [-0.39, 0.29) is 17.6 Å². The smallest absolute Gasteiger partial charge is 0.261 e. The van der Waals surface area contributed by atoms with Crippen molar-refractivity contribution in [2.24, 2.45) is 0 Å². The summed E-state index contributed by atoms with van der Waals surface area (Å²) >= 11 is 5.31. The van der Waals surface area contributed by atoms with E-state index in [1.165, 1.54) is 0 Å². The van der Waals surface area contributed by atoms with Crippen molar-refractivity contribution in [3.8, 4) is 11.5 Å². The molecule has 0 spiro atoms. The molecular formula is C26H27N3O5S. The molecule has 182 valence electrons. The van der Waals surface area contributed by atoms with E-state index in [0.717, 1.165) is 5.75 Å². The summed E-state index contributed by atoms with van der Waals surface area (Å²) in [6.45, 7) is 1.35. The van der Waals surface area contributed by atoms with Gasteiger partial charge in [-0.1, -0.05) is 42.5 Å². The molecule has 0 heterocycles. The summed E-state index contributed by atoms with van der Waals surface area (Å²) in [5, 5.41) is 8.37. The lowest BCUT2D eigenvalue weighted by Gasteiger charge is -2.15. The number of carbonyl (C=O) groups excluding carboxylic acids is 2. The molecule has 0 saturated carbocycles. The molecule has 0 radical (unpaired) electrons. The summed E-state index contributed by atoms with van der Waals surface area (Å²) in [6.07, 6.45) is 0. The van der Waals surface area contributed by atoms with E-state index in [2.05, 4.69) is 16.0 Å². The molecule has 0 unspecified atom stereocenters.